The van der Waals surface area contributed by atoms with Crippen molar-refractivity contribution in [3.63, 3.8) is 0 Å². The molecular weight excluding hydrogens is 426 g/mol. The highest BCUT2D eigenvalue weighted by Crippen LogP contribution is 2.32. The summed E-state index contributed by atoms with van der Waals surface area (Å²) in [7, 11) is 0. The molecule has 2 aliphatic heterocycles. The van der Waals surface area contributed by atoms with Crippen molar-refractivity contribution in [2.45, 2.75) is 0 Å². The average Bonchev–Trinajstić information content (AvgIpc) is 3.08. The number of nitrogens with zero attached hydrogens (tertiary/aromatic N) is 3. The Morgan fingerprint density at radius 2 is 1.56 bits per heavy atom. The molecule has 0 radical (unpaired) electrons. The average molecular weight is 448 g/mol. The third kappa shape index (κ3) is 4.39. The SMILES string of the molecule is O=C1C(=Nc2ccc(Oc3ccc(Cl)cc3)cc2)c2ccccc2N1CN1CCOCC1. The van der Waals surface area contributed by atoms with E-state index in [-0.39, 0.29) is 5.91 Å². The van der Waals surface area contributed by atoms with E-state index in [4.69, 9.17) is 26.1 Å². The van der Waals surface area contributed by atoms with Crippen LogP contribution in [-0.4, -0.2) is 49.5 Å². The maximum absolute atomic E-state index is 13.3. The third-order valence-electron chi connectivity index (χ3n) is 5.47. The zero-order chi connectivity index (χ0) is 21.9. The van der Waals surface area contributed by atoms with Crippen LogP contribution >= 0.6 is 11.6 Å². The van der Waals surface area contributed by atoms with Gasteiger partial charge in [0.05, 0.1) is 31.3 Å². The van der Waals surface area contributed by atoms with Gasteiger partial charge in [-0.1, -0.05) is 29.8 Å². The molecule has 0 spiro atoms. The number of anilines is 1. The summed E-state index contributed by atoms with van der Waals surface area (Å²) in [6.45, 7) is 3.54. The largest absolute Gasteiger partial charge is 0.457 e. The summed E-state index contributed by atoms with van der Waals surface area (Å²) in [5.41, 5.74) is 2.90. The highest BCUT2D eigenvalue weighted by Gasteiger charge is 2.34. The van der Waals surface area contributed by atoms with Crippen LogP contribution in [0.1, 0.15) is 5.56 Å². The summed E-state index contributed by atoms with van der Waals surface area (Å²) in [6, 6.07) is 22.4. The van der Waals surface area contributed by atoms with Crippen LogP contribution in [-0.2, 0) is 9.53 Å². The zero-order valence-electron chi connectivity index (χ0n) is 17.4. The van der Waals surface area contributed by atoms with Gasteiger partial charge in [0.15, 0.2) is 0 Å². The predicted molar refractivity (Wildman–Crippen MR) is 125 cm³/mol. The van der Waals surface area contributed by atoms with Crippen molar-refractivity contribution in [2.75, 3.05) is 37.9 Å². The van der Waals surface area contributed by atoms with Gasteiger partial charge in [-0.3, -0.25) is 14.6 Å². The van der Waals surface area contributed by atoms with Crippen LogP contribution in [0.15, 0.2) is 77.8 Å². The molecule has 0 aliphatic carbocycles. The molecule has 32 heavy (non-hydrogen) atoms. The quantitative estimate of drug-likeness (QED) is 0.558. The van der Waals surface area contributed by atoms with E-state index in [0.29, 0.717) is 47.8 Å². The molecule has 3 aromatic rings. The van der Waals surface area contributed by atoms with Crippen molar-refractivity contribution in [1.82, 2.24) is 4.90 Å². The van der Waals surface area contributed by atoms with E-state index in [1.807, 2.05) is 60.7 Å². The van der Waals surface area contributed by atoms with Crippen LogP contribution in [0.4, 0.5) is 11.4 Å². The second-order valence-corrected chi connectivity index (χ2v) is 8.07. The van der Waals surface area contributed by atoms with Crippen LogP contribution in [0, 0.1) is 0 Å². The van der Waals surface area contributed by atoms with Crippen molar-refractivity contribution in [2.24, 2.45) is 4.99 Å². The number of hydrogen-bond acceptors (Lipinski definition) is 5. The van der Waals surface area contributed by atoms with Gasteiger partial charge in [0.25, 0.3) is 5.91 Å². The molecule has 0 N–H and O–H groups in total. The topological polar surface area (TPSA) is 54.4 Å². The van der Waals surface area contributed by atoms with Crippen LogP contribution in [0.25, 0.3) is 0 Å². The minimum atomic E-state index is -0.0841. The summed E-state index contributed by atoms with van der Waals surface area (Å²) in [4.78, 5) is 22.0. The first-order valence-corrected chi connectivity index (χ1v) is 10.9. The first kappa shape index (κ1) is 20.7. The van der Waals surface area contributed by atoms with E-state index in [1.54, 1.807) is 17.0 Å². The van der Waals surface area contributed by atoms with E-state index in [1.165, 1.54) is 0 Å². The lowest BCUT2D eigenvalue weighted by Crippen LogP contribution is -2.45. The minimum Gasteiger partial charge on any atom is -0.457 e. The molecule has 0 atom stereocenters. The van der Waals surface area contributed by atoms with Crippen LogP contribution in [0.3, 0.4) is 0 Å². The maximum atomic E-state index is 13.3. The number of ether oxygens (including phenoxy) is 2. The van der Waals surface area contributed by atoms with Gasteiger partial charge in [-0.05, 0) is 54.6 Å². The number of hydrogen-bond donors (Lipinski definition) is 0. The Kier molecular flexibility index (Phi) is 5.90. The molecule has 1 saturated heterocycles. The molecule has 0 aromatic heterocycles. The Balaban J connectivity index is 1.37. The number of rotatable bonds is 5. The number of carbonyl (C=O) groups excluding carboxylic acids is 1. The zero-order valence-corrected chi connectivity index (χ0v) is 18.2. The fourth-order valence-corrected chi connectivity index (χ4v) is 3.94. The molecule has 0 unspecified atom stereocenters. The Labute approximate surface area is 191 Å². The van der Waals surface area contributed by atoms with Crippen LogP contribution < -0.4 is 9.64 Å². The first-order valence-electron chi connectivity index (χ1n) is 10.5. The van der Waals surface area contributed by atoms with Crippen molar-refractivity contribution < 1.29 is 14.3 Å². The molecule has 2 aliphatic rings. The van der Waals surface area contributed by atoms with E-state index in [2.05, 4.69) is 4.90 Å². The van der Waals surface area contributed by atoms with Crippen molar-refractivity contribution in [3.8, 4) is 11.5 Å². The van der Waals surface area contributed by atoms with Gasteiger partial charge in [-0.25, -0.2) is 4.99 Å². The van der Waals surface area contributed by atoms with Crippen LogP contribution in [0.2, 0.25) is 5.02 Å². The summed E-state index contributed by atoms with van der Waals surface area (Å²) < 4.78 is 11.3. The molecule has 5 rings (SSSR count). The van der Waals surface area contributed by atoms with E-state index in [0.717, 1.165) is 24.3 Å². The number of para-hydroxylation sites is 1. The number of aliphatic imine (C=N–C) groups is 1. The summed E-state index contributed by atoms with van der Waals surface area (Å²) in [6.07, 6.45) is 0. The number of fused-ring (bicyclic) bond motifs is 1. The van der Waals surface area contributed by atoms with Gasteiger partial charge in [0.2, 0.25) is 0 Å². The van der Waals surface area contributed by atoms with Gasteiger partial charge < -0.3 is 9.47 Å². The van der Waals surface area contributed by atoms with Gasteiger partial charge in [-0.15, -0.1) is 0 Å². The van der Waals surface area contributed by atoms with Crippen LogP contribution in [0.5, 0.6) is 11.5 Å². The molecule has 6 nitrogen and oxygen atoms in total. The molecule has 0 bridgehead atoms. The van der Waals surface area contributed by atoms with E-state index < -0.39 is 0 Å². The number of morpholine rings is 1. The standard InChI is InChI=1S/C25H22ClN3O3/c26-18-5-9-20(10-6-18)32-21-11-7-19(8-12-21)27-24-22-3-1-2-4-23(22)29(25(24)30)17-28-13-15-31-16-14-28/h1-12H,13-17H2. The third-order valence-corrected chi connectivity index (χ3v) is 5.72. The van der Waals surface area contributed by atoms with Gasteiger partial charge >= 0.3 is 0 Å². The van der Waals surface area contributed by atoms with Gasteiger partial charge in [0, 0.05) is 23.7 Å². The number of halogens is 1. The molecule has 3 aromatic carbocycles. The summed E-state index contributed by atoms with van der Waals surface area (Å²) in [5, 5.41) is 0.660. The summed E-state index contributed by atoms with van der Waals surface area (Å²) in [5.74, 6) is 1.30. The van der Waals surface area contributed by atoms with Crippen molar-refractivity contribution in [3.05, 3.63) is 83.4 Å². The molecule has 2 heterocycles. The Hall–Kier alpha value is -3.19. The second-order valence-electron chi connectivity index (χ2n) is 7.63. The lowest BCUT2D eigenvalue weighted by atomic mass is 10.1. The van der Waals surface area contributed by atoms with Crippen molar-refractivity contribution >= 4 is 34.6 Å². The lowest BCUT2D eigenvalue weighted by molar-refractivity contribution is -0.112. The Bertz CT molecular complexity index is 1140. The molecular formula is C25H22ClN3O3. The lowest BCUT2D eigenvalue weighted by Gasteiger charge is -2.30. The normalized spacial score (nSPS) is 17.6. The first-order chi connectivity index (χ1) is 15.7. The Morgan fingerprint density at radius 1 is 0.906 bits per heavy atom. The highest BCUT2D eigenvalue weighted by atomic mass is 35.5. The predicted octanol–water partition coefficient (Wildman–Crippen LogP) is 4.89. The molecule has 1 amide bonds. The monoisotopic (exact) mass is 447 g/mol. The summed E-state index contributed by atoms with van der Waals surface area (Å²) >= 11 is 5.92. The highest BCUT2D eigenvalue weighted by molar-refractivity contribution is 6.54. The smallest absolute Gasteiger partial charge is 0.278 e. The van der Waals surface area contributed by atoms with E-state index >= 15 is 0 Å². The molecule has 0 saturated carbocycles. The van der Waals surface area contributed by atoms with Gasteiger partial charge in [-0.2, -0.15) is 0 Å². The number of amides is 1. The maximum Gasteiger partial charge on any atom is 0.278 e. The molecule has 1 fully saturated rings. The van der Waals surface area contributed by atoms with E-state index in [9.17, 15) is 4.79 Å². The minimum absolute atomic E-state index is 0.0841. The molecule has 162 valence electrons. The fourth-order valence-electron chi connectivity index (χ4n) is 3.81. The molecule has 7 heteroatoms. The fraction of sp³-hybridized carbons (Fsp3) is 0.200. The second kappa shape index (κ2) is 9.12. The number of benzene rings is 3. The van der Waals surface area contributed by atoms with Gasteiger partial charge in [0.1, 0.15) is 17.2 Å². The number of carbonyl (C=O) groups is 1. The van der Waals surface area contributed by atoms with Crippen molar-refractivity contribution in [1.29, 1.82) is 0 Å². The Morgan fingerprint density at radius 3 is 2.28 bits per heavy atom.